The summed E-state index contributed by atoms with van der Waals surface area (Å²) in [6.45, 7) is 6.72. The van der Waals surface area contributed by atoms with Crippen molar-refractivity contribution < 1.29 is 0 Å². The average molecular weight is 194 g/mol. The maximum atomic E-state index is 2.33. The Morgan fingerprint density at radius 1 is 0.857 bits per heavy atom. The molecule has 0 rings (SSSR count). The number of hydrogen-bond donors (Lipinski definition) is 0. The third-order valence-electron chi connectivity index (χ3n) is 2.31. The molecule has 0 aliphatic carbocycles. The molecule has 0 N–H and O–H groups in total. The van der Waals surface area contributed by atoms with E-state index in [9.17, 15) is 0 Å². The monoisotopic (exact) mass is 194 g/mol. The van der Waals surface area contributed by atoms with Gasteiger partial charge in [0.2, 0.25) is 0 Å². The first kappa shape index (κ1) is 13.5. The van der Waals surface area contributed by atoms with Gasteiger partial charge in [-0.1, -0.05) is 64.3 Å². The van der Waals surface area contributed by atoms with Crippen LogP contribution in [0, 0.1) is 5.92 Å². The minimum absolute atomic E-state index is 0.614. The molecule has 14 heavy (non-hydrogen) atoms. The van der Waals surface area contributed by atoms with Crippen LogP contribution < -0.4 is 0 Å². The molecule has 82 valence electrons. The second-order valence-corrected chi connectivity index (χ2v) is 4.00. The summed E-state index contributed by atoms with van der Waals surface area (Å²) in [5, 5.41) is 0. The van der Waals surface area contributed by atoms with Gasteiger partial charge in [-0.2, -0.15) is 0 Å². The van der Waals surface area contributed by atoms with E-state index < -0.39 is 0 Å². The summed E-state index contributed by atoms with van der Waals surface area (Å²) < 4.78 is 0. The Bertz CT molecular complexity index is 153. The van der Waals surface area contributed by atoms with Crippen LogP contribution in [0.4, 0.5) is 0 Å². The third kappa shape index (κ3) is 9.57. The van der Waals surface area contributed by atoms with Crippen LogP contribution in [-0.2, 0) is 0 Å². The first-order chi connectivity index (χ1) is 6.81. The first-order valence-electron chi connectivity index (χ1n) is 6.14. The Kier molecular flexibility index (Phi) is 10.2. The van der Waals surface area contributed by atoms with E-state index in [1.165, 1.54) is 38.5 Å². The van der Waals surface area contributed by atoms with Crippen LogP contribution in [0.15, 0.2) is 24.3 Å². The number of unbranched alkanes of at least 4 members (excludes halogenated alkanes) is 4. The SMILES string of the molecule is CCCC=CC(C)C=CCCCCC. The summed E-state index contributed by atoms with van der Waals surface area (Å²) in [6.07, 6.45) is 17.0. The van der Waals surface area contributed by atoms with E-state index in [4.69, 9.17) is 0 Å². The van der Waals surface area contributed by atoms with Crippen molar-refractivity contribution in [1.29, 1.82) is 0 Å². The van der Waals surface area contributed by atoms with E-state index in [1.54, 1.807) is 0 Å². The standard InChI is InChI=1S/C14H26/c1-4-6-8-9-11-13-14(3)12-10-7-5-2/h10-14H,4-9H2,1-3H3. The van der Waals surface area contributed by atoms with Gasteiger partial charge in [-0.15, -0.1) is 0 Å². The van der Waals surface area contributed by atoms with Gasteiger partial charge in [0.1, 0.15) is 0 Å². The molecule has 0 spiro atoms. The minimum atomic E-state index is 0.614. The Labute approximate surface area is 90.1 Å². The highest BCUT2D eigenvalue weighted by Crippen LogP contribution is 2.05. The molecule has 0 saturated heterocycles. The first-order valence-corrected chi connectivity index (χ1v) is 6.14. The predicted molar refractivity (Wildman–Crippen MR) is 66.5 cm³/mol. The van der Waals surface area contributed by atoms with E-state index in [-0.39, 0.29) is 0 Å². The molecule has 0 aromatic rings. The lowest BCUT2D eigenvalue weighted by Crippen LogP contribution is -1.82. The van der Waals surface area contributed by atoms with Gasteiger partial charge in [-0.3, -0.25) is 0 Å². The van der Waals surface area contributed by atoms with Crippen molar-refractivity contribution >= 4 is 0 Å². The largest absolute Gasteiger partial charge is 0.0880 e. The van der Waals surface area contributed by atoms with Crippen LogP contribution >= 0.6 is 0 Å². The molecule has 0 heteroatoms. The van der Waals surface area contributed by atoms with Gasteiger partial charge in [0, 0.05) is 0 Å². The molecule has 0 aromatic carbocycles. The smallest absolute Gasteiger partial charge is 0.00819 e. The van der Waals surface area contributed by atoms with Crippen molar-refractivity contribution in [3.8, 4) is 0 Å². The average Bonchev–Trinajstić information content (AvgIpc) is 2.18. The molecule has 0 aliphatic rings. The molecule has 0 fully saturated rings. The van der Waals surface area contributed by atoms with E-state index >= 15 is 0 Å². The molecule has 0 radical (unpaired) electrons. The fraction of sp³-hybridized carbons (Fsp3) is 0.714. The van der Waals surface area contributed by atoms with Crippen molar-refractivity contribution in [3.05, 3.63) is 24.3 Å². The highest BCUT2D eigenvalue weighted by atomic mass is 13.9. The highest BCUT2D eigenvalue weighted by molar-refractivity contribution is 4.98. The Balaban J connectivity index is 3.44. The molecule has 0 saturated carbocycles. The van der Waals surface area contributed by atoms with Gasteiger partial charge in [0.05, 0.1) is 0 Å². The number of rotatable bonds is 8. The van der Waals surface area contributed by atoms with E-state index in [1.807, 2.05) is 0 Å². The second kappa shape index (κ2) is 10.6. The fourth-order valence-electron chi connectivity index (χ4n) is 1.36. The molecule has 1 unspecified atom stereocenters. The topological polar surface area (TPSA) is 0 Å². The van der Waals surface area contributed by atoms with E-state index in [0.29, 0.717) is 5.92 Å². The zero-order valence-corrected chi connectivity index (χ0v) is 10.1. The lowest BCUT2D eigenvalue weighted by molar-refractivity contribution is 0.726. The fourth-order valence-corrected chi connectivity index (χ4v) is 1.36. The summed E-state index contributed by atoms with van der Waals surface area (Å²) >= 11 is 0. The predicted octanol–water partition coefficient (Wildman–Crippen LogP) is 5.12. The molecule has 0 aromatic heterocycles. The Hall–Kier alpha value is -0.520. The summed E-state index contributed by atoms with van der Waals surface area (Å²) in [7, 11) is 0. The lowest BCUT2D eigenvalue weighted by Gasteiger charge is -1.97. The van der Waals surface area contributed by atoms with Crippen molar-refractivity contribution in [2.24, 2.45) is 5.92 Å². The summed E-state index contributed by atoms with van der Waals surface area (Å²) in [4.78, 5) is 0. The van der Waals surface area contributed by atoms with Gasteiger partial charge >= 0.3 is 0 Å². The summed E-state index contributed by atoms with van der Waals surface area (Å²) in [5.74, 6) is 0.614. The Morgan fingerprint density at radius 3 is 2.07 bits per heavy atom. The normalized spacial score (nSPS) is 14.2. The van der Waals surface area contributed by atoms with Gasteiger partial charge in [0.15, 0.2) is 0 Å². The van der Waals surface area contributed by atoms with Crippen LogP contribution in [0.3, 0.4) is 0 Å². The minimum Gasteiger partial charge on any atom is -0.0880 e. The van der Waals surface area contributed by atoms with Crippen molar-refractivity contribution in [2.45, 2.75) is 59.3 Å². The zero-order chi connectivity index (χ0) is 10.6. The van der Waals surface area contributed by atoms with Gasteiger partial charge in [0.25, 0.3) is 0 Å². The molecule has 1 atom stereocenters. The summed E-state index contributed by atoms with van der Waals surface area (Å²) in [5.41, 5.74) is 0. The van der Waals surface area contributed by atoms with Gasteiger partial charge in [-0.05, 0) is 25.2 Å². The highest BCUT2D eigenvalue weighted by Gasteiger charge is 1.88. The van der Waals surface area contributed by atoms with Crippen LogP contribution in [0.25, 0.3) is 0 Å². The van der Waals surface area contributed by atoms with Crippen molar-refractivity contribution in [3.63, 3.8) is 0 Å². The zero-order valence-electron chi connectivity index (χ0n) is 10.1. The van der Waals surface area contributed by atoms with Crippen LogP contribution in [0.1, 0.15) is 59.3 Å². The molecule has 0 bridgehead atoms. The van der Waals surface area contributed by atoms with E-state index in [2.05, 4.69) is 45.1 Å². The van der Waals surface area contributed by atoms with Crippen molar-refractivity contribution in [2.75, 3.05) is 0 Å². The van der Waals surface area contributed by atoms with Crippen LogP contribution in [-0.4, -0.2) is 0 Å². The summed E-state index contributed by atoms with van der Waals surface area (Å²) in [6, 6.07) is 0. The van der Waals surface area contributed by atoms with Crippen LogP contribution in [0.5, 0.6) is 0 Å². The molecule has 0 aliphatic heterocycles. The maximum Gasteiger partial charge on any atom is -0.00819 e. The Morgan fingerprint density at radius 2 is 1.50 bits per heavy atom. The van der Waals surface area contributed by atoms with Gasteiger partial charge in [-0.25, -0.2) is 0 Å². The molecular formula is C14H26. The third-order valence-corrected chi connectivity index (χ3v) is 2.31. The maximum absolute atomic E-state index is 2.33. The van der Waals surface area contributed by atoms with Gasteiger partial charge < -0.3 is 0 Å². The van der Waals surface area contributed by atoms with Crippen molar-refractivity contribution in [1.82, 2.24) is 0 Å². The molecule has 0 nitrogen and oxygen atoms in total. The molecule has 0 amide bonds. The quantitative estimate of drug-likeness (QED) is 0.372. The number of allylic oxidation sites excluding steroid dienone is 4. The lowest BCUT2D eigenvalue weighted by atomic mass is 10.1. The second-order valence-electron chi connectivity index (χ2n) is 4.00. The molecular weight excluding hydrogens is 168 g/mol. The van der Waals surface area contributed by atoms with E-state index in [0.717, 1.165) is 0 Å². The van der Waals surface area contributed by atoms with Crippen LogP contribution in [0.2, 0.25) is 0 Å². The molecule has 0 heterocycles. The number of hydrogen-bond acceptors (Lipinski definition) is 0.